The molecule has 0 radical (unpaired) electrons. The molecule has 0 saturated heterocycles. The summed E-state index contributed by atoms with van der Waals surface area (Å²) in [6, 6.07) is 14.1. The molecular weight excluding hydrogens is 362 g/mol. The van der Waals surface area contributed by atoms with E-state index in [1.807, 2.05) is 53.5 Å². The number of nitrogens with zero attached hydrogens (tertiary/aromatic N) is 6. The van der Waals surface area contributed by atoms with E-state index in [2.05, 4.69) is 41.7 Å². The first-order valence-electron chi connectivity index (χ1n) is 9.43. The zero-order valence-corrected chi connectivity index (χ0v) is 16.5. The van der Waals surface area contributed by atoms with Crippen LogP contribution in [0.25, 0.3) is 22.2 Å². The van der Waals surface area contributed by atoms with Gasteiger partial charge in [-0.05, 0) is 56.5 Å². The van der Waals surface area contributed by atoms with E-state index >= 15 is 0 Å². The Morgan fingerprint density at radius 3 is 2.83 bits per heavy atom. The average Bonchev–Trinajstić information content (AvgIpc) is 3.24. The molecule has 0 aliphatic heterocycles. The number of hydrazine groups is 1. The third-order valence-corrected chi connectivity index (χ3v) is 4.74. The van der Waals surface area contributed by atoms with Gasteiger partial charge in [0.05, 0.1) is 24.0 Å². The zero-order valence-electron chi connectivity index (χ0n) is 16.5. The summed E-state index contributed by atoms with van der Waals surface area (Å²) in [5.74, 6) is 6.96. The summed E-state index contributed by atoms with van der Waals surface area (Å²) >= 11 is 0. The molecule has 29 heavy (non-hydrogen) atoms. The molecule has 146 valence electrons. The van der Waals surface area contributed by atoms with Gasteiger partial charge in [0.25, 0.3) is 0 Å². The van der Waals surface area contributed by atoms with E-state index in [1.165, 1.54) is 0 Å². The summed E-state index contributed by atoms with van der Waals surface area (Å²) in [5, 5.41) is 7.06. The van der Waals surface area contributed by atoms with E-state index in [4.69, 9.17) is 10.8 Å². The van der Waals surface area contributed by atoms with Crippen LogP contribution in [0.15, 0.2) is 66.0 Å². The Morgan fingerprint density at radius 1 is 1.21 bits per heavy atom. The maximum Gasteiger partial charge on any atom is 0.169 e. The van der Waals surface area contributed by atoms with Gasteiger partial charge in [-0.3, -0.25) is 19.7 Å². The summed E-state index contributed by atoms with van der Waals surface area (Å²) in [5.41, 5.74) is 4.37. The highest BCUT2D eigenvalue weighted by molar-refractivity contribution is 5.79. The summed E-state index contributed by atoms with van der Waals surface area (Å²) < 4.78 is 1.90. The molecule has 0 amide bonds. The number of pyridine rings is 2. The molecule has 3 heterocycles. The Hall–Kier alpha value is -3.58. The van der Waals surface area contributed by atoms with Gasteiger partial charge in [0.1, 0.15) is 5.69 Å². The van der Waals surface area contributed by atoms with Crippen molar-refractivity contribution in [1.29, 1.82) is 0 Å². The van der Waals surface area contributed by atoms with Gasteiger partial charge in [-0.1, -0.05) is 12.1 Å². The molecule has 0 atom stereocenters. The smallest absolute Gasteiger partial charge is 0.169 e. The Morgan fingerprint density at radius 2 is 2.07 bits per heavy atom. The lowest BCUT2D eigenvalue weighted by atomic mass is 10.1. The van der Waals surface area contributed by atoms with Crippen LogP contribution in [0.2, 0.25) is 0 Å². The molecule has 0 spiro atoms. The minimum Gasteiger partial charge on any atom is -0.289 e. The first-order valence-corrected chi connectivity index (χ1v) is 9.43. The number of benzene rings is 1. The van der Waals surface area contributed by atoms with Gasteiger partial charge in [-0.2, -0.15) is 5.10 Å². The van der Waals surface area contributed by atoms with Crippen LogP contribution in [0.1, 0.15) is 25.5 Å². The number of rotatable bonds is 6. The molecule has 0 aliphatic carbocycles. The molecular formula is C22H23N7. The van der Waals surface area contributed by atoms with Gasteiger partial charge in [0, 0.05) is 29.4 Å². The second-order valence-corrected chi connectivity index (χ2v) is 7.16. The molecule has 2 N–H and O–H groups in total. The van der Waals surface area contributed by atoms with Gasteiger partial charge in [-0.25, -0.2) is 10.8 Å². The topological polar surface area (TPSA) is 85.2 Å². The Bertz CT molecular complexity index is 1160. The van der Waals surface area contributed by atoms with Crippen molar-refractivity contribution in [3.05, 3.63) is 66.6 Å². The fourth-order valence-electron chi connectivity index (χ4n) is 3.18. The maximum atomic E-state index is 6.39. The third kappa shape index (κ3) is 3.86. The molecule has 0 fully saturated rings. The molecule has 0 aliphatic rings. The van der Waals surface area contributed by atoms with Crippen LogP contribution in [0.4, 0.5) is 11.5 Å². The van der Waals surface area contributed by atoms with Crippen LogP contribution in [-0.4, -0.2) is 26.5 Å². The lowest BCUT2D eigenvalue weighted by Gasteiger charge is -2.20. The van der Waals surface area contributed by atoms with Crippen LogP contribution in [0.3, 0.4) is 0 Å². The molecule has 4 rings (SSSR count). The highest BCUT2D eigenvalue weighted by Gasteiger charge is 2.14. The van der Waals surface area contributed by atoms with Crippen molar-refractivity contribution in [1.82, 2.24) is 19.7 Å². The van der Waals surface area contributed by atoms with Crippen molar-refractivity contribution >= 4 is 29.1 Å². The van der Waals surface area contributed by atoms with Crippen molar-refractivity contribution < 1.29 is 0 Å². The van der Waals surface area contributed by atoms with E-state index in [1.54, 1.807) is 11.2 Å². The monoisotopic (exact) mass is 385 g/mol. The second-order valence-electron chi connectivity index (χ2n) is 7.16. The maximum absolute atomic E-state index is 6.39. The molecule has 3 aromatic heterocycles. The van der Waals surface area contributed by atoms with Crippen molar-refractivity contribution in [2.75, 3.05) is 5.01 Å². The third-order valence-electron chi connectivity index (χ3n) is 4.74. The van der Waals surface area contributed by atoms with Crippen molar-refractivity contribution in [3.63, 3.8) is 0 Å². The number of nitrogens with two attached hydrogens (primary N) is 1. The van der Waals surface area contributed by atoms with E-state index < -0.39 is 0 Å². The fourth-order valence-corrected chi connectivity index (χ4v) is 3.18. The number of fused-ring (bicyclic) bond motifs is 1. The van der Waals surface area contributed by atoms with Gasteiger partial charge in [0.2, 0.25) is 0 Å². The molecule has 0 saturated carbocycles. The number of hydrogen-bond acceptors (Lipinski definition) is 6. The lowest BCUT2D eigenvalue weighted by Crippen LogP contribution is -2.31. The Balaban J connectivity index is 1.65. The molecule has 7 heteroatoms. The van der Waals surface area contributed by atoms with Gasteiger partial charge in [0.15, 0.2) is 5.82 Å². The van der Waals surface area contributed by atoms with Crippen LogP contribution in [0.5, 0.6) is 0 Å². The Kier molecular flexibility index (Phi) is 5.05. The number of hydrogen-bond donors (Lipinski definition) is 1. The summed E-state index contributed by atoms with van der Waals surface area (Å²) in [7, 11) is 0. The SMILES string of the molecule is C=Nc1ccc(-c2cnn(C(C)C)c2)nc1N(N)Cc1ccc2ncccc2c1. The summed E-state index contributed by atoms with van der Waals surface area (Å²) in [6.45, 7) is 8.30. The van der Waals surface area contributed by atoms with Gasteiger partial charge >= 0.3 is 0 Å². The molecule has 0 bridgehead atoms. The quantitative estimate of drug-likeness (QED) is 0.304. The van der Waals surface area contributed by atoms with E-state index in [9.17, 15) is 0 Å². The lowest BCUT2D eigenvalue weighted by molar-refractivity contribution is 0.532. The van der Waals surface area contributed by atoms with Crippen molar-refractivity contribution in [2.45, 2.75) is 26.4 Å². The summed E-state index contributed by atoms with van der Waals surface area (Å²) in [4.78, 5) is 13.2. The molecule has 4 aromatic rings. The summed E-state index contributed by atoms with van der Waals surface area (Å²) in [6.07, 6.45) is 5.58. The minimum absolute atomic E-state index is 0.283. The van der Waals surface area contributed by atoms with Crippen LogP contribution >= 0.6 is 0 Å². The van der Waals surface area contributed by atoms with Crippen molar-refractivity contribution in [3.8, 4) is 11.3 Å². The standard InChI is InChI=1S/C22H23N7/c1-15(2)29-14-18(12-26-29)20-8-9-21(24-3)22(27-20)28(23)13-16-6-7-19-17(11-16)5-4-10-25-19/h4-12,14-15H,3,13,23H2,1-2H3. The van der Waals surface area contributed by atoms with E-state index in [-0.39, 0.29) is 6.04 Å². The van der Waals surface area contributed by atoms with Crippen molar-refractivity contribution in [2.24, 2.45) is 10.8 Å². The zero-order chi connectivity index (χ0) is 20.4. The average molecular weight is 385 g/mol. The fraction of sp³-hybridized carbons (Fsp3) is 0.182. The second kappa shape index (κ2) is 7.81. The van der Waals surface area contributed by atoms with E-state index in [0.29, 0.717) is 18.1 Å². The van der Waals surface area contributed by atoms with Crippen LogP contribution in [0, 0.1) is 0 Å². The first kappa shape index (κ1) is 18.8. The predicted molar refractivity (Wildman–Crippen MR) is 117 cm³/mol. The molecule has 7 nitrogen and oxygen atoms in total. The van der Waals surface area contributed by atoms with Gasteiger partial charge in [-0.15, -0.1) is 0 Å². The molecule has 1 aromatic carbocycles. The predicted octanol–water partition coefficient (Wildman–Crippen LogP) is 4.29. The van der Waals surface area contributed by atoms with Crippen LogP contribution < -0.4 is 10.9 Å². The highest BCUT2D eigenvalue weighted by atomic mass is 15.4. The number of anilines is 1. The number of aromatic nitrogens is 4. The first-order chi connectivity index (χ1) is 14.0. The van der Waals surface area contributed by atoms with Gasteiger partial charge < -0.3 is 0 Å². The molecule has 0 unspecified atom stereocenters. The Labute approximate surface area is 169 Å². The van der Waals surface area contributed by atoms with E-state index in [0.717, 1.165) is 27.7 Å². The highest BCUT2D eigenvalue weighted by Crippen LogP contribution is 2.30. The van der Waals surface area contributed by atoms with Crippen LogP contribution in [-0.2, 0) is 6.54 Å². The normalized spacial score (nSPS) is 11.2. The number of aliphatic imine (C=N–C) groups is 1. The largest absolute Gasteiger partial charge is 0.289 e. The minimum atomic E-state index is 0.283.